The van der Waals surface area contributed by atoms with Crippen LogP contribution in [0.25, 0.3) is 0 Å². The van der Waals surface area contributed by atoms with Crippen LogP contribution >= 0.6 is 0 Å². The number of nitrogens with one attached hydrogen (secondary N) is 1. The summed E-state index contributed by atoms with van der Waals surface area (Å²) in [6.45, 7) is 14.4. The molecular formula is C23H31NO2. The van der Waals surface area contributed by atoms with Crippen molar-refractivity contribution in [3.05, 3.63) is 64.7 Å². The molecule has 1 amide bonds. The first-order chi connectivity index (χ1) is 12.1. The van der Waals surface area contributed by atoms with E-state index in [1.54, 1.807) is 6.92 Å². The second-order valence-electron chi connectivity index (χ2n) is 8.11. The summed E-state index contributed by atoms with van der Waals surface area (Å²) in [5, 5.41) is 3.04. The highest BCUT2D eigenvalue weighted by Crippen LogP contribution is 2.24. The lowest BCUT2D eigenvalue weighted by atomic mass is 9.86. The Morgan fingerprint density at radius 2 is 1.58 bits per heavy atom. The zero-order valence-corrected chi connectivity index (χ0v) is 17.0. The number of benzene rings is 2. The van der Waals surface area contributed by atoms with Crippen molar-refractivity contribution in [3.8, 4) is 5.75 Å². The van der Waals surface area contributed by atoms with E-state index in [9.17, 15) is 4.79 Å². The number of rotatable bonds is 5. The Morgan fingerprint density at radius 3 is 2.12 bits per heavy atom. The third-order valence-corrected chi connectivity index (χ3v) is 4.80. The predicted molar refractivity (Wildman–Crippen MR) is 108 cm³/mol. The van der Waals surface area contributed by atoms with E-state index in [1.807, 2.05) is 32.0 Å². The summed E-state index contributed by atoms with van der Waals surface area (Å²) in [6.07, 6.45) is -0.548. The van der Waals surface area contributed by atoms with Gasteiger partial charge in [-0.15, -0.1) is 0 Å². The van der Waals surface area contributed by atoms with Crippen molar-refractivity contribution in [2.45, 2.75) is 66.0 Å². The Balaban J connectivity index is 1.98. The SMILES string of the molecule is Cc1ccc(O[C@@H](C)C(=O)N[C@@H](C)c2ccc(C(C)(C)C)cc2)cc1C. The number of hydrogen-bond donors (Lipinski definition) is 1. The Kier molecular flexibility index (Phi) is 6.12. The van der Waals surface area contributed by atoms with Gasteiger partial charge >= 0.3 is 0 Å². The summed E-state index contributed by atoms with van der Waals surface area (Å²) < 4.78 is 5.80. The molecule has 0 heterocycles. The van der Waals surface area contributed by atoms with E-state index < -0.39 is 6.10 Å². The first-order valence-electron chi connectivity index (χ1n) is 9.22. The highest BCUT2D eigenvalue weighted by Gasteiger charge is 2.19. The minimum atomic E-state index is -0.548. The first-order valence-corrected chi connectivity index (χ1v) is 9.22. The van der Waals surface area contributed by atoms with Crippen molar-refractivity contribution in [1.82, 2.24) is 5.32 Å². The number of carbonyl (C=O) groups is 1. The topological polar surface area (TPSA) is 38.3 Å². The van der Waals surface area contributed by atoms with Gasteiger partial charge < -0.3 is 10.1 Å². The molecular weight excluding hydrogens is 322 g/mol. The van der Waals surface area contributed by atoms with Crippen LogP contribution in [0.3, 0.4) is 0 Å². The first kappa shape index (κ1) is 20.0. The average molecular weight is 354 g/mol. The molecule has 0 spiro atoms. The quantitative estimate of drug-likeness (QED) is 0.798. The Hall–Kier alpha value is -2.29. The maximum atomic E-state index is 12.5. The van der Waals surface area contributed by atoms with E-state index in [-0.39, 0.29) is 17.4 Å². The maximum absolute atomic E-state index is 12.5. The molecule has 0 unspecified atom stereocenters. The fraction of sp³-hybridized carbons (Fsp3) is 0.435. The second-order valence-corrected chi connectivity index (χ2v) is 8.11. The van der Waals surface area contributed by atoms with Crippen LogP contribution in [0.5, 0.6) is 5.75 Å². The van der Waals surface area contributed by atoms with Crippen LogP contribution < -0.4 is 10.1 Å². The lowest BCUT2D eigenvalue weighted by molar-refractivity contribution is -0.127. The minimum absolute atomic E-state index is 0.0673. The van der Waals surface area contributed by atoms with E-state index in [0.717, 1.165) is 16.9 Å². The third-order valence-electron chi connectivity index (χ3n) is 4.80. The predicted octanol–water partition coefficient (Wildman–Crippen LogP) is 5.25. The summed E-state index contributed by atoms with van der Waals surface area (Å²) >= 11 is 0. The molecule has 2 rings (SSSR count). The molecule has 2 aromatic rings. The molecule has 3 heteroatoms. The van der Waals surface area contributed by atoms with Gasteiger partial charge in [-0.1, -0.05) is 51.1 Å². The van der Waals surface area contributed by atoms with Crippen LogP contribution in [-0.4, -0.2) is 12.0 Å². The lowest BCUT2D eigenvalue weighted by Gasteiger charge is -2.22. The Bertz CT molecular complexity index is 757. The summed E-state index contributed by atoms with van der Waals surface area (Å²) in [4.78, 5) is 12.5. The second kappa shape index (κ2) is 7.94. The molecule has 0 aliphatic heterocycles. The number of hydrogen-bond acceptors (Lipinski definition) is 2. The fourth-order valence-corrected chi connectivity index (χ4v) is 2.73. The fourth-order valence-electron chi connectivity index (χ4n) is 2.73. The largest absolute Gasteiger partial charge is 0.481 e. The van der Waals surface area contributed by atoms with Crippen LogP contribution in [0, 0.1) is 13.8 Å². The third kappa shape index (κ3) is 5.10. The van der Waals surface area contributed by atoms with Crippen LogP contribution in [0.4, 0.5) is 0 Å². The van der Waals surface area contributed by atoms with E-state index in [4.69, 9.17) is 4.74 Å². The molecule has 3 nitrogen and oxygen atoms in total. The van der Waals surface area contributed by atoms with Crippen LogP contribution in [0.1, 0.15) is 62.9 Å². The van der Waals surface area contributed by atoms with E-state index in [1.165, 1.54) is 11.1 Å². The van der Waals surface area contributed by atoms with Crippen LogP contribution in [0.15, 0.2) is 42.5 Å². The smallest absolute Gasteiger partial charge is 0.261 e. The highest BCUT2D eigenvalue weighted by molar-refractivity contribution is 5.81. The summed E-state index contributed by atoms with van der Waals surface area (Å²) in [7, 11) is 0. The van der Waals surface area contributed by atoms with Gasteiger partial charge in [0.1, 0.15) is 5.75 Å². The van der Waals surface area contributed by atoms with Gasteiger partial charge in [0.25, 0.3) is 5.91 Å². The van der Waals surface area contributed by atoms with Gasteiger partial charge in [-0.3, -0.25) is 4.79 Å². The number of amides is 1. The van der Waals surface area contributed by atoms with Gasteiger partial charge in [-0.25, -0.2) is 0 Å². The number of aryl methyl sites for hydroxylation is 2. The van der Waals surface area contributed by atoms with Crippen molar-refractivity contribution in [2.24, 2.45) is 0 Å². The van der Waals surface area contributed by atoms with Gasteiger partial charge in [0.2, 0.25) is 0 Å². The van der Waals surface area contributed by atoms with Gasteiger partial charge in [0, 0.05) is 0 Å². The van der Waals surface area contributed by atoms with Crippen molar-refractivity contribution < 1.29 is 9.53 Å². The lowest BCUT2D eigenvalue weighted by Crippen LogP contribution is -2.37. The van der Waals surface area contributed by atoms with E-state index >= 15 is 0 Å². The molecule has 0 radical (unpaired) electrons. The molecule has 26 heavy (non-hydrogen) atoms. The van der Waals surface area contributed by atoms with Gasteiger partial charge in [0.15, 0.2) is 6.10 Å². The monoisotopic (exact) mass is 353 g/mol. The standard InChI is InChI=1S/C23H31NO2/c1-15-8-13-21(14-16(15)2)26-18(4)22(25)24-17(3)19-9-11-20(12-10-19)23(5,6)7/h8-14,17-18H,1-7H3,(H,24,25)/t17-,18-/m0/s1. The maximum Gasteiger partial charge on any atom is 0.261 e. The van der Waals surface area contributed by atoms with Crippen molar-refractivity contribution in [3.63, 3.8) is 0 Å². The Morgan fingerprint density at radius 1 is 0.962 bits per heavy atom. The summed E-state index contributed by atoms with van der Waals surface area (Å²) in [5.74, 6) is 0.605. The van der Waals surface area contributed by atoms with Crippen molar-refractivity contribution >= 4 is 5.91 Å². The summed E-state index contributed by atoms with van der Waals surface area (Å²) in [5.41, 5.74) is 4.86. The van der Waals surface area contributed by atoms with Gasteiger partial charge in [-0.05, 0) is 67.5 Å². The molecule has 0 aliphatic carbocycles. The molecule has 0 aromatic heterocycles. The zero-order valence-electron chi connectivity index (χ0n) is 17.0. The van der Waals surface area contributed by atoms with Crippen LogP contribution in [0.2, 0.25) is 0 Å². The molecule has 0 saturated heterocycles. The minimum Gasteiger partial charge on any atom is -0.481 e. The van der Waals surface area contributed by atoms with Crippen molar-refractivity contribution in [1.29, 1.82) is 0 Å². The van der Waals surface area contributed by atoms with Crippen molar-refractivity contribution in [2.75, 3.05) is 0 Å². The van der Waals surface area contributed by atoms with Gasteiger partial charge in [0.05, 0.1) is 6.04 Å². The Labute approximate surface area is 157 Å². The molecule has 0 fully saturated rings. The highest BCUT2D eigenvalue weighted by atomic mass is 16.5. The van der Waals surface area contributed by atoms with Gasteiger partial charge in [-0.2, -0.15) is 0 Å². The molecule has 0 bridgehead atoms. The molecule has 2 aromatic carbocycles. The number of carbonyl (C=O) groups excluding carboxylic acids is 1. The molecule has 1 N–H and O–H groups in total. The molecule has 0 saturated carbocycles. The molecule has 0 aliphatic rings. The normalized spacial score (nSPS) is 13.8. The molecule has 140 valence electrons. The van der Waals surface area contributed by atoms with E-state index in [0.29, 0.717) is 0 Å². The van der Waals surface area contributed by atoms with E-state index in [2.05, 4.69) is 57.3 Å². The zero-order chi connectivity index (χ0) is 19.5. The average Bonchev–Trinajstić information content (AvgIpc) is 2.57. The summed E-state index contributed by atoms with van der Waals surface area (Å²) in [6, 6.07) is 14.2. The number of ether oxygens (including phenoxy) is 1. The molecule has 2 atom stereocenters. The van der Waals surface area contributed by atoms with Crippen LogP contribution in [-0.2, 0) is 10.2 Å².